The van der Waals surface area contributed by atoms with Gasteiger partial charge in [0.25, 0.3) is 0 Å². The predicted octanol–water partition coefficient (Wildman–Crippen LogP) is 3.79. The summed E-state index contributed by atoms with van der Waals surface area (Å²) < 4.78 is 13.8. The number of halogens is 1. The lowest BCUT2D eigenvalue weighted by Crippen LogP contribution is -2.42. The number of nitrogens with two attached hydrogens (primary N) is 1. The molecular formula is C17H27FN2. The maximum atomic E-state index is 13.8. The summed E-state index contributed by atoms with van der Waals surface area (Å²) in [6.45, 7) is 5.51. The van der Waals surface area contributed by atoms with Gasteiger partial charge in [-0.2, -0.15) is 0 Å². The first-order valence-corrected chi connectivity index (χ1v) is 7.89. The first kappa shape index (κ1) is 15.5. The van der Waals surface area contributed by atoms with Crippen LogP contribution in [0.1, 0.15) is 56.2 Å². The highest BCUT2D eigenvalue weighted by Gasteiger charge is 2.27. The fourth-order valence-corrected chi connectivity index (χ4v) is 3.43. The van der Waals surface area contributed by atoms with Gasteiger partial charge < -0.3 is 5.73 Å². The Bertz CT molecular complexity index is 427. The molecule has 1 aliphatic rings. The van der Waals surface area contributed by atoms with Crippen LogP contribution in [0.5, 0.6) is 0 Å². The second-order valence-corrected chi connectivity index (χ2v) is 5.88. The van der Waals surface area contributed by atoms with Crippen molar-refractivity contribution in [1.29, 1.82) is 0 Å². The van der Waals surface area contributed by atoms with E-state index in [0.717, 1.165) is 12.1 Å². The minimum atomic E-state index is -0.124. The summed E-state index contributed by atoms with van der Waals surface area (Å²) >= 11 is 0. The number of hydrogen-bond donors (Lipinski definition) is 1. The van der Waals surface area contributed by atoms with Crippen LogP contribution in [-0.4, -0.2) is 24.0 Å². The van der Waals surface area contributed by atoms with Crippen LogP contribution in [-0.2, 0) is 0 Å². The lowest BCUT2D eigenvalue weighted by atomic mass is 9.91. The largest absolute Gasteiger partial charge is 0.329 e. The van der Waals surface area contributed by atoms with Crippen molar-refractivity contribution in [2.24, 2.45) is 5.73 Å². The topological polar surface area (TPSA) is 29.3 Å². The summed E-state index contributed by atoms with van der Waals surface area (Å²) in [7, 11) is 0. The van der Waals surface area contributed by atoms with Gasteiger partial charge in [-0.15, -0.1) is 0 Å². The van der Waals surface area contributed by atoms with Gasteiger partial charge in [-0.3, -0.25) is 4.90 Å². The van der Waals surface area contributed by atoms with E-state index in [1.54, 1.807) is 13.0 Å². The zero-order valence-corrected chi connectivity index (χ0v) is 12.7. The Hall–Kier alpha value is -0.930. The molecule has 20 heavy (non-hydrogen) atoms. The van der Waals surface area contributed by atoms with Crippen molar-refractivity contribution in [3.05, 3.63) is 35.1 Å². The molecular weight excluding hydrogens is 251 g/mol. The zero-order chi connectivity index (χ0) is 14.5. The number of nitrogens with zero attached hydrogens (tertiary/aromatic N) is 1. The van der Waals surface area contributed by atoms with E-state index in [9.17, 15) is 4.39 Å². The summed E-state index contributed by atoms with van der Waals surface area (Å²) in [6, 6.07) is 6.30. The highest BCUT2D eigenvalue weighted by Crippen LogP contribution is 2.30. The van der Waals surface area contributed by atoms with Crippen LogP contribution in [0.2, 0.25) is 0 Å². The monoisotopic (exact) mass is 278 g/mol. The van der Waals surface area contributed by atoms with Crippen molar-refractivity contribution in [1.82, 2.24) is 4.90 Å². The van der Waals surface area contributed by atoms with E-state index in [2.05, 4.69) is 11.8 Å². The van der Waals surface area contributed by atoms with Gasteiger partial charge in [-0.1, -0.05) is 38.3 Å². The molecule has 2 nitrogen and oxygen atoms in total. The average Bonchev–Trinajstić information content (AvgIpc) is 2.48. The van der Waals surface area contributed by atoms with Gasteiger partial charge >= 0.3 is 0 Å². The Labute approximate surface area is 122 Å². The van der Waals surface area contributed by atoms with E-state index in [0.29, 0.717) is 18.2 Å². The zero-order valence-electron chi connectivity index (χ0n) is 12.7. The maximum Gasteiger partial charge on any atom is 0.126 e. The average molecular weight is 278 g/mol. The van der Waals surface area contributed by atoms with E-state index in [4.69, 9.17) is 5.73 Å². The van der Waals surface area contributed by atoms with Crippen LogP contribution in [0.25, 0.3) is 0 Å². The molecule has 1 saturated carbocycles. The number of rotatable bonds is 5. The molecule has 2 N–H and O–H groups in total. The van der Waals surface area contributed by atoms with Crippen molar-refractivity contribution in [2.45, 2.75) is 58.0 Å². The number of hydrogen-bond acceptors (Lipinski definition) is 2. The third-order valence-electron chi connectivity index (χ3n) is 4.61. The Balaban J connectivity index is 2.21. The molecule has 1 aliphatic carbocycles. The summed E-state index contributed by atoms with van der Waals surface area (Å²) in [5, 5.41) is 0. The first-order valence-electron chi connectivity index (χ1n) is 7.89. The second-order valence-electron chi connectivity index (χ2n) is 5.88. The summed E-state index contributed by atoms with van der Waals surface area (Å²) in [5.41, 5.74) is 7.73. The highest BCUT2D eigenvalue weighted by atomic mass is 19.1. The Morgan fingerprint density at radius 1 is 1.30 bits per heavy atom. The van der Waals surface area contributed by atoms with E-state index >= 15 is 0 Å². The third kappa shape index (κ3) is 3.39. The Morgan fingerprint density at radius 2 is 2.00 bits per heavy atom. The normalized spacial score (nSPS) is 18.4. The smallest absolute Gasteiger partial charge is 0.126 e. The minimum Gasteiger partial charge on any atom is -0.329 e. The Morgan fingerprint density at radius 3 is 2.55 bits per heavy atom. The third-order valence-corrected chi connectivity index (χ3v) is 4.61. The second kappa shape index (κ2) is 7.19. The molecule has 0 amide bonds. The molecule has 3 heteroatoms. The van der Waals surface area contributed by atoms with E-state index in [-0.39, 0.29) is 11.9 Å². The van der Waals surface area contributed by atoms with Gasteiger partial charge in [0.1, 0.15) is 5.82 Å². The molecule has 112 valence electrons. The maximum absolute atomic E-state index is 13.8. The van der Waals surface area contributed by atoms with Gasteiger partial charge in [-0.25, -0.2) is 4.39 Å². The summed E-state index contributed by atoms with van der Waals surface area (Å²) in [4.78, 5) is 2.48. The van der Waals surface area contributed by atoms with Crippen molar-refractivity contribution in [2.75, 3.05) is 13.1 Å². The fraction of sp³-hybridized carbons (Fsp3) is 0.647. The first-order chi connectivity index (χ1) is 9.67. The van der Waals surface area contributed by atoms with Gasteiger partial charge in [0.2, 0.25) is 0 Å². The number of likely N-dealkylation sites (N-methyl/N-ethyl adjacent to an activating group) is 1. The van der Waals surface area contributed by atoms with E-state index in [1.807, 2.05) is 12.1 Å². The Kier molecular flexibility index (Phi) is 5.55. The van der Waals surface area contributed by atoms with E-state index < -0.39 is 0 Å². The van der Waals surface area contributed by atoms with Crippen LogP contribution in [0, 0.1) is 12.7 Å². The standard InChI is InChI=1S/C17H27FN2/c1-3-20(15-7-5-4-6-8-15)17(12-19)14-10-9-13(2)16(18)11-14/h9-11,15,17H,3-8,12,19H2,1-2H3. The summed E-state index contributed by atoms with van der Waals surface area (Å²) in [6.07, 6.45) is 6.46. The molecule has 0 radical (unpaired) electrons. The van der Waals surface area contributed by atoms with Crippen molar-refractivity contribution < 1.29 is 4.39 Å². The van der Waals surface area contributed by atoms with Crippen LogP contribution in [0.4, 0.5) is 4.39 Å². The molecule has 0 aliphatic heterocycles. The van der Waals surface area contributed by atoms with E-state index in [1.165, 1.54) is 32.1 Å². The molecule has 0 saturated heterocycles. The van der Waals surface area contributed by atoms with Crippen molar-refractivity contribution in [3.63, 3.8) is 0 Å². The summed E-state index contributed by atoms with van der Waals surface area (Å²) in [5.74, 6) is -0.124. The van der Waals surface area contributed by atoms with Crippen molar-refractivity contribution >= 4 is 0 Å². The van der Waals surface area contributed by atoms with Gasteiger partial charge in [0, 0.05) is 18.6 Å². The van der Waals surface area contributed by atoms with Gasteiger partial charge in [0.05, 0.1) is 0 Å². The number of benzene rings is 1. The number of aryl methyl sites for hydroxylation is 1. The molecule has 1 aromatic rings. The highest BCUT2D eigenvalue weighted by molar-refractivity contribution is 5.26. The quantitative estimate of drug-likeness (QED) is 0.888. The minimum absolute atomic E-state index is 0.124. The van der Waals surface area contributed by atoms with Crippen LogP contribution >= 0.6 is 0 Å². The molecule has 2 rings (SSSR count). The lowest BCUT2D eigenvalue weighted by molar-refractivity contribution is 0.113. The van der Waals surface area contributed by atoms with Crippen LogP contribution in [0.15, 0.2) is 18.2 Å². The van der Waals surface area contributed by atoms with Gasteiger partial charge in [0.15, 0.2) is 0 Å². The predicted molar refractivity (Wildman–Crippen MR) is 82.2 cm³/mol. The SMILES string of the molecule is CCN(C1CCCCC1)C(CN)c1ccc(C)c(F)c1. The molecule has 0 heterocycles. The van der Waals surface area contributed by atoms with Gasteiger partial charge in [-0.05, 0) is 43.5 Å². The fourth-order valence-electron chi connectivity index (χ4n) is 3.43. The molecule has 0 aromatic heterocycles. The molecule has 1 fully saturated rings. The van der Waals surface area contributed by atoms with Crippen molar-refractivity contribution in [3.8, 4) is 0 Å². The molecule has 0 bridgehead atoms. The van der Waals surface area contributed by atoms with Crippen LogP contribution in [0.3, 0.4) is 0 Å². The lowest BCUT2D eigenvalue weighted by Gasteiger charge is -2.39. The molecule has 0 spiro atoms. The molecule has 1 aromatic carbocycles. The van der Waals surface area contributed by atoms with Crippen LogP contribution < -0.4 is 5.73 Å². The molecule has 1 unspecified atom stereocenters. The molecule has 1 atom stereocenters.